The van der Waals surface area contributed by atoms with E-state index in [0.29, 0.717) is 6.54 Å². The van der Waals surface area contributed by atoms with E-state index in [1.807, 2.05) is 37.3 Å². The highest BCUT2D eigenvalue weighted by molar-refractivity contribution is 5.74. The van der Waals surface area contributed by atoms with E-state index in [4.69, 9.17) is 4.74 Å². The van der Waals surface area contributed by atoms with E-state index in [1.54, 1.807) is 25.3 Å². The molecular formula is C18H24N4O2. The molecule has 1 unspecified atom stereocenters. The summed E-state index contributed by atoms with van der Waals surface area (Å²) in [6, 6.07) is 9.54. The lowest BCUT2D eigenvalue weighted by molar-refractivity contribution is 0.193. The number of rotatable bonds is 7. The monoisotopic (exact) mass is 328 g/mol. The minimum absolute atomic E-state index is 0.109. The summed E-state index contributed by atoms with van der Waals surface area (Å²) in [7, 11) is 3.44. The van der Waals surface area contributed by atoms with Gasteiger partial charge in [-0.25, -0.2) is 14.8 Å². The molecule has 1 aromatic carbocycles. The Labute approximate surface area is 142 Å². The lowest BCUT2D eigenvalue weighted by Crippen LogP contribution is -2.39. The van der Waals surface area contributed by atoms with Crippen LogP contribution in [0.3, 0.4) is 0 Å². The van der Waals surface area contributed by atoms with E-state index in [1.165, 1.54) is 6.33 Å². The van der Waals surface area contributed by atoms with Crippen molar-refractivity contribution in [3.05, 3.63) is 54.1 Å². The molecule has 2 amide bonds. The quantitative estimate of drug-likeness (QED) is 0.794. The number of hydrogen-bond acceptors (Lipinski definition) is 4. The van der Waals surface area contributed by atoms with Gasteiger partial charge in [0.1, 0.15) is 12.1 Å². The third-order valence-corrected chi connectivity index (χ3v) is 4.03. The highest BCUT2D eigenvalue weighted by Crippen LogP contribution is 2.18. The fraction of sp³-hybridized carbons (Fsp3) is 0.389. The number of ether oxygens (including phenoxy) is 1. The average Bonchev–Trinajstić information content (AvgIpc) is 2.64. The van der Waals surface area contributed by atoms with Gasteiger partial charge >= 0.3 is 6.03 Å². The maximum Gasteiger partial charge on any atom is 0.317 e. The summed E-state index contributed by atoms with van der Waals surface area (Å²) in [5.74, 6) is 0.887. The summed E-state index contributed by atoms with van der Waals surface area (Å²) >= 11 is 0. The van der Waals surface area contributed by atoms with Gasteiger partial charge in [0.15, 0.2) is 0 Å². The summed E-state index contributed by atoms with van der Waals surface area (Å²) in [5.41, 5.74) is 1.97. The number of carbonyl (C=O) groups excluding carboxylic acids is 1. The summed E-state index contributed by atoms with van der Waals surface area (Å²) in [6.45, 7) is 2.55. The van der Waals surface area contributed by atoms with Crippen molar-refractivity contribution in [1.82, 2.24) is 20.2 Å². The SMILES string of the molecule is COc1ccccc1CCCNC(=O)N(C)C(C)c1ccncn1. The lowest BCUT2D eigenvalue weighted by Gasteiger charge is -2.24. The highest BCUT2D eigenvalue weighted by atomic mass is 16.5. The zero-order valence-corrected chi connectivity index (χ0v) is 14.4. The zero-order chi connectivity index (χ0) is 17.4. The summed E-state index contributed by atoms with van der Waals surface area (Å²) < 4.78 is 5.33. The topological polar surface area (TPSA) is 67.3 Å². The van der Waals surface area contributed by atoms with E-state index >= 15 is 0 Å². The van der Waals surface area contributed by atoms with Crippen LogP contribution >= 0.6 is 0 Å². The standard InChI is InChI=1S/C18H24N4O2/c1-14(16-10-12-19-13-21-16)22(2)18(23)20-11-6-8-15-7-4-5-9-17(15)24-3/h4-5,7,9-10,12-14H,6,8,11H2,1-3H3,(H,20,23). The first-order valence-corrected chi connectivity index (χ1v) is 8.02. The third-order valence-electron chi connectivity index (χ3n) is 4.03. The Balaban J connectivity index is 1.78. The molecule has 2 aromatic rings. The molecule has 0 bridgehead atoms. The molecule has 0 aliphatic heterocycles. The minimum Gasteiger partial charge on any atom is -0.496 e. The van der Waals surface area contributed by atoms with Gasteiger partial charge in [-0.05, 0) is 37.5 Å². The first-order chi connectivity index (χ1) is 11.6. The van der Waals surface area contributed by atoms with Crippen LogP contribution in [0.2, 0.25) is 0 Å². The maximum absolute atomic E-state index is 12.2. The van der Waals surface area contributed by atoms with Crippen molar-refractivity contribution in [3.8, 4) is 5.75 Å². The van der Waals surface area contributed by atoms with Crippen molar-refractivity contribution in [1.29, 1.82) is 0 Å². The van der Waals surface area contributed by atoms with Gasteiger partial charge in [-0.15, -0.1) is 0 Å². The first-order valence-electron chi connectivity index (χ1n) is 8.02. The number of benzene rings is 1. The van der Waals surface area contributed by atoms with Crippen LogP contribution in [0, 0.1) is 0 Å². The zero-order valence-electron chi connectivity index (χ0n) is 14.4. The number of nitrogens with one attached hydrogen (secondary N) is 1. The molecule has 0 fully saturated rings. The number of methoxy groups -OCH3 is 1. The van der Waals surface area contributed by atoms with Crippen molar-refractivity contribution < 1.29 is 9.53 Å². The molecule has 0 saturated heterocycles. The van der Waals surface area contributed by atoms with Crippen molar-refractivity contribution in [2.24, 2.45) is 0 Å². The number of para-hydroxylation sites is 1. The van der Waals surface area contributed by atoms with Gasteiger partial charge in [-0.2, -0.15) is 0 Å². The molecule has 1 atom stereocenters. The molecule has 6 nitrogen and oxygen atoms in total. The summed E-state index contributed by atoms with van der Waals surface area (Å²) in [6.07, 6.45) is 4.87. The van der Waals surface area contributed by atoms with Crippen LogP contribution < -0.4 is 10.1 Å². The van der Waals surface area contributed by atoms with Gasteiger partial charge in [0.2, 0.25) is 0 Å². The molecule has 1 aromatic heterocycles. The Morgan fingerprint density at radius 1 is 1.33 bits per heavy atom. The Morgan fingerprint density at radius 2 is 2.12 bits per heavy atom. The smallest absolute Gasteiger partial charge is 0.317 e. The molecule has 0 saturated carbocycles. The number of hydrogen-bond donors (Lipinski definition) is 1. The highest BCUT2D eigenvalue weighted by Gasteiger charge is 2.17. The Morgan fingerprint density at radius 3 is 2.83 bits per heavy atom. The Bertz CT molecular complexity index is 648. The molecule has 0 aliphatic carbocycles. The van der Waals surface area contributed by atoms with Crippen LogP contribution in [0.25, 0.3) is 0 Å². The van der Waals surface area contributed by atoms with Gasteiger partial charge in [-0.3, -0.25) is 0 Å². The number of carbonyl (C=O) groups is 1. The van der Waals surface area contributed by atoms with Gasteiger partial charge in [0.25, 0.3) is 0 Å². The van der Waals surface area contributed by atoms with Crippen molar-refractivity contribution in [2.45, 2.75) is 25.8 Å². The van der Waals surface area contributed by atoms with Crippen LogP contribution in [0.5, 0.6) is 5.75 Å². The molecule has 0 spiro atoms. The number of nitrogens with zero attached hydrogens (tertiary/aromatic N) is 3. The van der Waals surface area contributed by atoms with Gasteiger partial charge in [-0.1, -0.05) is 18.2 Å². The first kappa shape index (κ1) is 17.7. The normalized spacial score (nSPS) is 11.6. The summed E-state index contributed by atoms with van der Waals surface area (Å²) in [4.78, 5) is 22.0. The van der Waals surface area contributed by atoms with Crippen LogP contribution in [-0.2, 0) is 6.42 Å². The second-order valence-corrected chi connectivity index (χ2v) is 5.57. The number of urea groups is 1. The predicted octanol–water partition coefficient (Wildman–Crippen LogP) is 2.82. The third kappa shape index (κ3) is 4.68. The van der Waals surface area contributed by atoms with E-state index in [9.17, 15) is 4.79 Å². The minimum atomic E-state index is -0.110. The second-order valence-electron chi connectivity index (χ2n) is 5.57. The fourth-order valence-corrected chi connectivity index (χ4v) is 2.43. The Hall–Kier alpha value is -2.63. The molecule has 0 radical (unpaired) electrons. The van der Waals surface area contributed by atoms with Crippen LogP contribution in [0.1, 0.15) is 30.6 Å². The van der Waals surface area contributed by atoms with Crippen molar-refractivity contribution in [2.75, 3.05) is 20.7 Å². The molecular weight excluding hydrogens is 304 g/mol. The van der Waals surface area contributed by atoms with Gasteiger partial charge < -0.3 is 15.0 Å². The fourth-order valence-electron chi connectivity index (χ4n) is 2.43. The van der Waals surface area contributed by atoms with E-state index in [2.05, 4.69) is 15.3 Å². The molecule has 1 N–H and O–H groups in total. The lowest BCUT2D eigenvalue weighted by atomic mass is 10.1. The number of amides is 2. The van der Waals surface area contributed by atoms with Crippen LogP contribution in [0.15, 0.2) is 42.9 Å². The van der Waals surface area contributed by atoms with E-state index in [-0.39, 0.29) is 12.1 Å². The second kappa shape index (κ2) is 8.86. The van der Waals surface area contributed by atoms with Crippen LogP contribution in [-0.4, -0.2) is 41.6 Å². The number of aryl methyl sites for hydroxylation is 1. The van der Waals surface area contributed by atoms with Crippen molar-refractivity contribution in [3.63, 3.8) is 0 Å². The average molecular weight is 328 g/mol. The maximum atomic E-state index is 12.2. The summed E-state index contributed by atoms with van der Waals surface area (Å²) in [5, 5.41) is 2.94. The van der Waals surface area contributed by atoms with Crippen molar-refractivity contribution >= 4 is 6.03 Å². The molecule has 1 heterocycles. The van der Waals surface area contributed by atoms with E-state index < -0.39 is 0 Å². The Kier molecular flexibility index (Phi) is 6.54. The van der Waals surface area contributed by atoms with Crippen LogP contribution in [0.4, 0.5) is 4.79 Å². The molecule has 2 rings (SSSR count). The molecule has 128 valence electrons. The molecule has 0 aliphatic rings. The largest absolute Gasteiger partial charge is 0.496 e. The number of aromatic nitrogens is 2. The van der Waals surface area contributed by atoms with E-state index in [0.717, 1.165) is 29.8 Å². The van der Waals surface area contributed by atoms with Gasteiger partial charge in [0.05, 0.1) is 18.8 Å². The molecule has 24 heavy (non-hydrogen) atoms. The van der Waals surface area contributed by atoms with Gasteiger partial charge in [0, 0.05) is 19.8 Å². The predicted molar refractivity (Wildman–Crippen MR) is 92.9 cm³/mol. The molecule has 6 heteroatoms.